The van der Waals surface area contributed by atoms with Crippen molar-refractivity contribution in [3.8, 4) is 0 Å². The summed E-state index contributed by atoms with van der Waals surface area (Å²) in [7, 11) is -1.09. The van der Waals surface area contributed by atoms with Gasteiger partial charge in [0.25, 0.3) is 0 Å². The predicted octanol–water partition coefficient (Wildman–Crippen LogP) is 4.28. The van der Waals surface area contributed by atoms with Crippen LogP contribution in [0.5, 0.6) is 0 Å². The largest absolute Gasteiger partial charge is 0.394 e. The molecule has 2 N–H and O–H groups in total. The number of hydrogen-bond donors (Lipinski definition) is 2. The Kier molecular flexibility index (Phi) is 6.41. The summed E-state index contributed by atoms with van der Waals surface area (Å²) in [5.41, 5.74) is 1.92. The van der Waals surface area contributed by atoms with E-state index in [9.17, 15) is 9.32 Å². The van der Waals surface area contributed by atoms with Crippen molar-refractivity contribution in [2.45, 2.75) is 67.7 Å². The molecular weight excluding hydrogens is 444 g/mol. The number of aryl methyl sites for hydroxylation is 1. The summed E-state index contributed by atoms with van der Waals surface area (Å²) in [6.45, 7) is 1.87. The Morgan fingerprint density at radius 1 is 1.12 bits per heavy atom. The molecule has 32 heavy (non-hydrogen) atoms. The zero-order valence-corrected chi connectivity index (χ0v) is 19.9. The van der Waals surface area contributed by atoms with Crippen LogP contribution in [0.25, 0.3) is 0 Å². The molecule has 5 rings (SSSR count). The highest BCUT2D eigenvalue weighted by Crippen LogP contribution is 2.38. The topological polar surface area (TPSA) is 78.4 Å². The lowest BCUT2D eigenvalue weighted by molar-refractivity contribution is 0.143. The molecule has 8 heteroatoms. The molecule has 0 amide bonds. The van der Waals surface area contributed by atoms with Crippen LogP contribution in [0.1, 0.15) is 62.1 Å². The number of nitrogens with zero attached hydrogens (tertiary/aromatic N) is 3. The van der Waals surface area contributed by atoms with Crippen LogP contribution in [0.3, 0.4) is 0 Å². The number of hydrogen-bond acceptors (Lipinski definition) is 6. The van der Waals surface area contributed by atoms with Crippen molar-refractivity contribution in [2.24, 2.45) is 0 Å². The lowest BCUT2D eigenvalue weighted by atomic mass is 9.77. The molecule has 0 spiro atoms. The molecule has 2 fully saturated rings. The second-order valence-electron chi connectivity index (χ2n) is 9.38. The third kappa shape index (κ3) is 4.39. The fourth-order valence-corrected chi connectivity index (χ4v) is 6.59. The van der Waals surface area contributed by atoms with E-state index in [0.717, 1.165) is 86.0 Å². The zero-order valence-electron chi connectivity index (χ0n) is 18.4. The SMILES string of the molecule is O=[S@]1CCCc2nc(N3CCCC(c4ccc(Cl)cc4)CC3)nc(NC3(CO)CCC3)c21. The molecule has 0 radical (unpaired) electrons. The first kappa shape index (κ1) is 22.1. The smallest absolute Gasteiger partial charge is 0.227 e. The summed E-state index contributed by atoms with van der Waals surface area (Å²) in [5, 5.41) is 14.3. The lowest BCUT2D eigenvalue weighted by Crippen LogP contribution is -2.49. The van der Waals surface area contributed by atoms with Crippen LogP contribution in [0, 0.1) is 0 Å². The molecule has 1 saturated heterocycles. The van der Waals surface area contributed by atoms with Gasteiger partial charge in [-0.05, 0) is 75.0 Å². The molecule has 1 saturated carbocycles. The normalized spacial score (nSPS) is 24.9. The Labute approximate surface area is 197 Å². The summed E-state index contributed by atoms with van der Waals surface area (Å²) in [6.07, 6.45) is 7.88. The quantitative estimate of drug-likeness (QED) is 0.673. The maximum absolute atomic E-state index is 12.9. The zero-order chi connectivity index (χ0) is 22.1. The standard InChI is InChI=1S/C24H31ClN4O2S/c25-19-8-6-18(7-9-19)17-4-1-13-29(14-10-17)23-26-20-5-2-15-32(31)21(20)22(27-23)28-24(16-30)11-3-12-24/h6-9,17,30H,1-5,10-16H2,(H,26,27,28)/t17?,32-/m0/s1. The Bertz CT molecular complexity index is 991. The predicted molar refractivity (Wildman–Crippen MR) is 129 cm³/mol. The van der Waals surface area contributed by atoms with E-state index in [0.29, 0.717) is 17.5 Å². The number of anilines is 2. The van der Waals surface area contributed by atoms with Gasteiger partial charge in [0, 0.05) is 23.9 Å². The monoisotopic (exact) mass is 474 g/mol. The first-order valence-corrected chi connectivity index (χ1v) is 13.5. The van der Waals surface area contributed by atoms with E-state index in [-0.39, 0.29) is 12.1 Å². The van der Waals surface area contributed by atoms with Crippen LogP contribution in [-0.2, 0) is 17.2 Å². The molecule has 1 aromatic heterocycles. The number of aliphatic hydroxyl groups is 1. The van der Waals surface area contributed by atoms with E-state index >= 15 is 0 Å². The molecule has 2 aromatic rings. The molecule has 1 aliphatic carbocycles. The number of benzene rings is 1. The molecule has 0 bridgehead atoms. The van der Waals surface area contributed by atoms with E-state index in [4.69, 9.17) is 21.6 Å². The Balaban J connectivity index is 1.41. The highest BCUT2D eigenvalue weighted by atomic mass is 35.5. The van der Waals surface area contributed by atoms with Gasteiger partial charge in [-0.2, -0.15) is 4.98 Å². The minimum atomic E-state index is -1.09. The van der Waals surface area contributed by atoms with Gasteiger partial charge >= 0.3 is 0 Å². The average molecular weight is 475 g/mol. The summed E-state index contributed by atoms with van der Waals surface area (Å²) >= 11 is 6.07. The number of nitrogens with one attached hydrogen (secondary N) is 1. The second kappa shape index (κ2) is 9.27. The van der Waals surface area contributed by atoms with Gasteiger partial charge in [0.05, 0.1) is 28.6 Å². The van der Waals surface area contributed by atoms with Crippen LogP contribution in [-0.4, -0.2) is 50.3 Å². The first-order chi connectivity index (χ1) is 15.6. The molecular formula is C24H31ClN4O2S. The van der Waals surface area contributed by atoms with Crippen LogP contribution in [0.2, 0.25) is 5.02 Å². The van der Waals surface area contributed by atoms with Gasteiger partial charge in [0.1, 0.15) is 10.7 Å². The van der Waals surface area contributed by atoms with Gasteiger partial charge in [0.2, 0.25) is 5.95 Å². The maximum atomic E-state index is 12.9. The summed E-state index contributed by atoms with van der Waals surface area (Å²) in [4.78, 5) is 12.8. The number of aliphatic hydroxyl groups excluding tert-OH is 1. The van der Waals surface area contributed by atoms with Crippen molar-refractivity contribution in [3.63, 3.8) is 0 Å². The van der Waals surface area contributed by atoms with Crippen LogP contribution in [0.15, 0.2) is 29.2 Å². The van der Waals surface area contributed by atoms with Gasteiger partial charge < -0.3 is 15.3 Å². The van der Waals surface area contributed by atoms with Crippen molar-refractivity contribution < 1.29 is 9.32 Å². The fraction of sp³-hybridized carbons (Fsp3) is 0.583. The second-order valence-corrected chi connectivity index (χ2v) is 11.3. The molecule has 3 aliphatic rings. The lowest BCUT2D eigenvalue weighted by Gasteiger charge is -2.42. The van der Waals surface area contributed by atoms with E-state index < -0.39 is 10.8 Å². The van der Waals surface area contributed by atoms with Crippen molar-refractivity contribution in [3.05, 3.63) is 40.5 Å². The minimum absolute atomic E-state index is 0.0697. The third-order valence-corrected chi connectivity index (χ3v) is 9.04. The summed E-state index contributed by atoms with van der Waals surface area (Å²) in [5.74, 6) is 2.57. The Hall–Kier alpha value is -1.70. The summed E-state index contributed by atoms with van der Waals surface area (Å²) in [6, 6.07) is 8.23. The van der Waals surface area contributed by atoms with Crippen molar-refractivity contribution >= 4 is 34.2 Å². The molecule has 6 nitrogen and oxygen atoms in total. The van der Waals surface area contributed by atoms with Gasteiger partial charge in [0.15, 0.2) is 0 Å². The van der Waals surface area contributed by atoms with Crippen LogP contribution < -0.4 is 10.2 Å². The first-order valence-electron chi connectivity index (χ1n) is 11.8. The fourth-order valence-electron chi connectivity index (χ4n) is 5.13. The molecule has 2 atom stereocenters. The highest BCUT2D eigenvalue weighted by molar-refractivity contribution is 7.85. The molecule has 2 aliphatic heterocycles. The Morgan fingerprint density at radius 2 is 1.94 bits per heavy atom. The van der Waals surface area contributed by atoms with Crippen molar-refractivity contribution in [1.82, 2.24) is 9.97 Å². The van der Waals surface area contributed by atoms with E-state index in [2.05, 4.69) is 22.3 Å². The van der Waals surface area contributed by atoms with Crippen molar-refractivity contribution in [1.29, 1.82) is 0 Å². The summed E-state index contributed by atoms with van der Waals surface area (Å²) < 4.78 is 12.9. The van der Waals surface area contributed by atoms with Gasteiger partial charge in [-0.1, -0.05) is 23.7 Å². The average Bonchev–Trinajstić information content (AvgIpc) is 3.03. The maximum Gasteiger partial charge on any atom is 0.227 e. The number of fused-ring (bicyclic) bond motifs is 1. The van der Waals surface area contributed by atoms with Crippen molar-refractivity contribution in [2.75, 3.05) is 35.7 Å². The minimum Gasteiger partial charge on any atom is -0.394 e. The van der Waals surface area contributed by atoms with E-state index in [1.807, 2.05) is 12.1 Å². The van der Waals surface area contributed by atoms with Crippen LogP contribution >= 0.6 is 11.6 Å². The Morgan fingerprint density at radius 3 is 2.66 bits per heavy atom. The van der Waals surface area contributed by atoms with Gasteiger partial charge in [-0.3, -0.25) is 4.21 Å². The van der Waals surface area contributed by atoms with Gasteiger partial charge in [-0.15, -0.1) is 0 Å². The molecule has 1 unspecified atom stereocenters. The molecule has 3 heterocycles. The van der Waals surface area contributed by atoms with Crippen LogP contribution in [0.4, 0.5) is 11.8 Å². The number of aromatic nitrogens is 2. The van der Waals surface area contributed by atoms with E-state index in [1.54, 1.807) is 0 Å². The highest BCUT2D eigenvalue weighted by Gasteiger charge is 2.38. The molecule has 1 aromatic carbocycles. The molecule has 172 valence electrons. The third-order valence-electron chi connectivity index (χ3n) is 7.24. The number of rotatable bonds is 5. The number of halogens is 1. The van der Waals surface area contributed by atoms with E-state index in [1.165, 1.54) is 5.56 Å². The van der Waals surface area contributed by atoms with Gasteiger partial charge in [-0.25, -0.2) is 4.98 Å².